The zero-order valence-electron chi connectivity index (χ0n) is 12.3. The van der Waals surface area contributed by atoms with Crippen LogP contribution in [0.4, 0.5) is 0 Å². The Morgan fingerprint density at radius 2 is 2.10 bits per heavy atom. The average molecular weight is 269 g/mol. The van der Waals surface area contributed by atoms with Crippen molar-refractivity contribution in [3.8, 4) is 0 Å². The van der Waals surface area contributed by atoms with Crippen LogP contribution in [0.5, 0.6) is 0 Å². The first kappa shape index (κ1) is 13.6. The van der Waals surface area contributed by atoms with Crippen molar-refractivity contribution in [2.75, 3.05) is 0 Å². The van der Waals surface area contributed by atoms with Gasteiger partial charge >= 0.3 is 0 Å². The molecule has 1 aromatic heterocycles. The summed E-state index contributed by atoms with van der Waals surface area (Å²) < 4.78 is 0. The largest absolute Gasteiger partial charge is 0.385 e. The van der Waals surface area contributed by atoms with E-state index in [9.17, 15) is 5.11 Å². The molecule has 2 heteroatoms. The first-order valence-corrected chi connectivity index (χ1v) is 7.68. The third-order valence-corrected chi connectivity index (χ3v) is 4.89. The predicted octanol–water partition coefficient (Wildman–Crippen LogP) is 4.27. The fraction of sp³-hybridized carbons (Fsp3) is 0.500. The Labute approximate surface area is 120 Å². The molecular formula is C18H23NO. The normalized spacial score (nSPS) is 27.1. The van der Waals surface area contributed by atoms with Gasteiger partial charge in [-0.05, 0) is 41.7 Å². The van der Waals surface area contributed by atoms with Crippen LogP contribution in [0.1, 0.15) is 45.1 Å². The van der Waals surface area contributed by atoms with Crippen molar-refractivity contribution in [3.63, 3.8) is 0 Å². The maximum atomic E-state index is 11.5. The Bertz CT molecular complexity index is 602. The molecule has 2 aromatic rings. The van der Waals surface area contributed by atoms with E-state index in [2.05, 4.69) is 31.0 Å². The topological polar surface area (TPSA) is 33.1 Å². The van der Waals surface area contributed by atoms with Gasteiger partial charge in [-0.25, -0.2) is 0 Å². The molecule has 0 amide bonds. The summed E-state index contributed by atoms with van der Waals surface area (Å²) in [4.78, 5) is 4.19. The lowest BCUT2D eigenvalue weighted by molar-refractivity contribution is -0.0709. The molecule has 0 radical (unpaired) electrons. The third-order valence-electron chi connectivity index (χ3n) is 4.89. The number of rotatable bonds is 2. The van der Waals surface area contributed by atoms with Gasteiger partial charge in [0.15, 0.2) is 0 Å². The summed E-state index contributed by atoms with van der Waals surface area (Å²) in [7, 11) is 0. The van der Waals surface area contributed by atoms with Crippen molar-refractivity contribution in [2.24, 2.45) is 11.8 Å². The quantitative estimate of drug-likeness (QED) is 0.883. The van der Waals surface area contributed by atoms with E-state index in [0.717, 1.165) is 35.6 Å². The first-order valence-electron chi connectivity index (χ1n) is 7.68. The smallest absolute Gasteiger partial charge is 0.0933 e. The summed E-state index contributed by atoms with van der Waals surface area (Å²) in [6, 6.07) is 8.25. The van der Waals surface area contributed by atoms with Gasteiger partial charge in [-0.15, -0.1) is 0 Å². The second kappa shape index (κ2) is 5.17. The van der Waals surface area contributed by atoms with Gasteiger partial charge in [-0.2, -0.15) is 0 Å². The van der Waals surface area contributed by atoms with Crippen LogP contribution >= 0.6 is 0 Å². The van der Waals surface area contributed by atoms with Crippen LogP contribution in [-0.4, -0.2) is 10.1 Å². The van der Waals surface area contributed by atoms with E-state index in [-0.39, 0.29) is 0 Å². The third kappa shape index (κ3) is 2.12. The summed E-state index contributed by atoms with van der Waals surface area (Å²) >= 11 is 0. The van der Waals surface area contributed by atoms with Gasteiger partial charge in [-0.1, -0.05) is 44.9 Å². The van der Waals surface area contributed by atoms with E-state index in [1.54, 1.807) is 0 Å². The van der Waals surface area contributed by atoms with Crippen LogP contribution in [0.3, 0.4) is 0 Å². The Balaban J connectivity index is 2.17. The molecule has 2 nitrogen and oxygen atoms in total. The number of benzene rings is 1. The molecule has 1 aliphatic carbocycles. The van der Waals surface area contributed by atoms with Crippen LogP contribution in [0, 0.1) is 11.8 Å². The van der Waals surface area contributed by atoms with E-state index in [1.807, 2.05) is 24.5 Å². The zero-order valence-corrected chi connectivity index (χ0v) is 12.3. The van der Waals surface area contributed by atoms with Crippen molar-refractivity contribution < 1.29 is 5.11 Å². The Morgan fingerprint density at radius 3 is 2.90 bits per heavy atom. The van der Waals surface area contributed by atoms with Gasteiger partial charge in [0, 0.05) is 17.8 Å². The highest BCUT2D eigenvalue weighted by molar-refractivity contribution is 5.85. The molecular weight excluding hydrogens is 246 g/mol. The van der Waals surface area contributed by atoms with Gasteiger partial charge in [0.25, 0.3) is 0 Å². The molecule has 2 atom stereocenters. The van der Waals surface area contributed by atoms with Crippen molar-refractivity contribution >= 4 is 10.8 Å². The minimum atomic E-state index is -0.687. The van der Waals surface area contributed by atoms with Crippen molar-refractivity contribution in [1.82, 2.24) is 4.98 Å². The van der Waals surface area contributed by atoms with Gasteiger partial charge in [0.2, 0.25) is 0 Å². The van der Waals surface area contributed by atoms with E-state index < -0.39 is 5.60 Å². The SMILES string of the molecule is CC(C)C1CCCCC1(O)c1cccc2cnccc12. The van der Waals surface area contributed by atoms with Crippen LogP contribution in [0.25, 0.3) is 10.8 Å². The Hall–Kier alpha value is -1.41. The lowest BCUT2D eigenvalue weighted by Crippen LogP contribution is -2.40. The monoisotopic (exact) mass is 269 g/mol. The van der Waals surface area contributed by atoms with Crippen LogP contribution in [0.15, 0.2) is 36.7 Å². The zero-order chi connectivity index (χ0) is 14.2. The predicted molar refractivity (Wildman–Crippen MR) is 82.4 cm³/mol. The van der Waals surface area contributed by atoms with E-state index in [1.165, 1.54) is 6.42 Å². The fourth-order valence-corrected chi connectivity index (χ4v) is 3.90. The minimum absolute atomic E-state index is 0.343. The summed E-state index contributed by atoms with van der Waals surface area (Å²) in [6.45, 7) is 4.46. The van der Waals surface area contributed by atoms with Gasteiger partial charge < -0.3 is 5.11 Å². The van der Waals surface area contributed by atoms with Crippen LogP contribution in [0.2, 0.25) is 0 Å². The van der Waals surface area contributed by atoms with E-state index >= 15 is 0 Å². The number of hydrogen-bond acceptors (Lipinski definition) is 2. The molecule has 0 bridgehead atoms. The summed E-state index contributed by atoms with van der Waals surface area (Å²) in [5, 5.41) is 13.7. The summed E-state index contributed by atoms with van der Waals surface area (Å²) in [5.41, 5.74) is 0.406. The van der Waals surface area contributed by atoms with Crippen LogP contribution in [-0.2, 0) is 5.60 Å². The Kier molecular flexibility index (Phi) is 3.51. The molecule has 0 aliphatic heterocycles. The lowest BCUT2D eigenvalue weighted by atomic mass is 9.66. The lowest BCUT2D eigenvalue weighted by Gasteiger charge is -2.43. The molecule has 20 heavy (non-hydrogen) atoms. The molecule has 3 rings (SSSR count). The molecule has 1 aromatic carbocycles. The maximum Gasteiger partial charge on any atom is 0.0933 e. The molecule has 2 unspecified atom stereocenters. The van der Waals surface area contributed by atoms with Gasteiger partial charge in [0.05, 0.1) is 5.60 Å². The molecule has 106 valence electrons. The highest BCUT2D eigenvalue weighted by Crippen LogP contribution is 2.46. The number of aliphatic hydroxyl groups is 1. The molecule has 1 heterocycles. The summed E-state index contributed by atoms with van der Waals surface area (Å²) in [5.74, 6) is 0.840. The molecule has 1 fully saturated rings. The Morgan fingerprint density at radius 1 is 1.25 bits per heavy atom. The van der Waals surface area contributed by atoms with E-state index in [4.69, 9.17) is 0 Å². The van der Waals surface area contributed by atoms with Gasteiger partial charge in [-0.3, -0.25) is 4.98 Å². The number of hydrogen-bond donors (Lipinski definition) is 1. The molecule has 1 aliphatic rings. The maximum absolute atomic E-state index is 11.5. The highest BCUT2D eigenvalue weighted by Gasteiger charge is 2.42. The fourth-order valence-electron chi connectivity index (χ4n) is 3.90. The summed E-state index contributed by atoms with van der Waals surface area (Å²) in [6.07, 6.45) is 8.05. The van der Waals surface area contributed by atoms with Crippen molar-refractivity contribution in [3.05, 3.63) is 42.2 Å². The number of nitrogens with zero attached hydrogens (tertiary/aromatic N) is 1. The van der Waals surface area contributed by atoms with Crippen molar-refractivity contribution in [2.45, 2.75) is 45.1 Å². The second-order valence-electron chi connectivity index (χ2n) is 6.42. The molecule has 1 saturated carbocycles. The standard InChI is InChI=1S/C18H23NO/c1-13(2)16-7-3-4-10-18(16,20)17-8-5-6-14-12-19-11-9-15(14)17/h5-6,8-9,11-13,16,20H,3-4,7,10H2,1-2H3. The molecule has 0 saturated heterocycles. The van der Waals surface area contributed by atoms with Gasteiger partial charge in [0.1, 0.15) is 0 Å². The number of aromatic nitrogens is 1. The number of pyridine rings is 1. The van der Waals surface area contributed by atoms with Crippen LogP contribution < -0.4 is 0 Å². The van der Waals surface area contributed by atoms with E-state index in [0.29, 0.717) is 11.8 Å². The highest BCUT2D eigenvalue weighted by atomic mass is 16.3. The molecule has 0 spiro atoms. The number of fused-ring (bicyclic) bond motifs is 1. The second-order valence-corrected chi connectivity index (χ2v) is 6.42. The minimum Gasteiger partial charge on any atom is -0.385 e. The molecule has 1 N–H and O–H groups in total. The van der Waals surface area contributed by atoms with Crippen molar-refractivity contribution in [1.29, 1.82) is 0 Å². The average Bonchev–Trinajstić information content (AvgIpc) is 2.46. The first-order chi connectivity index (χ1) is 9.63.